The lowest BCUT2D eigenvalue weighted by Crippen LogP contribution is -2.32. The second-order valence-electron chi connectivity index (χ2n) is 6.68. The van der Waals surface area contributed by atoms with Crippen LogP contribution in [0.15, 0.2) is 12.3 Å². The first-order valence-corrected chi connectivity index (χ1v) is 7.85. The number of hydrogen-bond acceptors (Lipinski definition) is 2. The van der Waals surface area contributed by atoms with E-state index in [0.717, 1.165) is 31.4 Å². The van der Waals surface area contributed by atoms with Crippen LogP contribution in [-0.2, 0) is 11.2 Å². The fourth-order valence-electron chi connectivity index (χ4n) is 3.98. The Bertz CT molecular complexity index is 494. The van der Waals surface area contributed by atoms with Gasteiger partial charge in [0, 0.05) is 12.6 Å². The smallest absolute Gasteiger partial charge is 0.310 e. The number of rotatable bonds is 6. The van der Waals surface area contributed by atoms with Crippen molar-refractivity contribution in [2.75, 3.05) is 0 Å². The standard InChI is InChI=1S/C16H24N2O2/c1-3-14(4-2)18-6-5-13(17-18)10-16(15(19)20)8-11-7-12(11)9-16/h5-6,11-12,14H,3-4,7-10H2,1-2H3,(H,19,20). The lowest BCUT2D eigenvalue weighted by molar-refractivity contribution is -0.149. The van der Waals surface area contributed by atoms with Crippen LogP contribution in [0.1, 0.15) is 57.7 Å². The number of carboxylic acids is 1. The molecule has 0 aromatic carbocycles. The van der Waals surface area contributed by atoms with Gasteiger partial charge in [-0.05, 0) is 50.0 Å². The van der Waals surface area contributed by atoms with E-state index in [-0.39, 0.29) is 0 Å². The summed E-state index contributed by atoms with van der Waals surface area (Å²) < 4.78 is 2.01. The Balaban J connectivity index is 1.75. The van der Waals surface area contributed by atoms with Gasteiger partial charge in [0.1, 0.15) is 0 Å². The number of fused-ring (bicyclic) bond motifs is 1. The first kappa shape index (κ1) is 13.7. The van der Waals surface area contributed by atoms with Crippen LogP contribution in [0.4, 0.5) is 0 Å². The molecule has 0 amide bonds. The number of hydrogen-bond donors (Lipinski definition) is 1. The fraction of sp³-hybridized carbons (Fsp3) is 0.750. The number of nitrogens with zero attached hydrogens (tertiary/aromatic N) is 2. The number of aliphatic carboxylic acids is 1. The van der Waals surface area contributed by atoms with Crippen molar-refractivity contribution < 1.29 is 9.90 Å². The van der Waals surface area contributed by atoms with Crippen LogP contribution in [-0.4, -0.2) is 20.9 Å². The van der Waals surface area contributed by atoms with Crippen LogP contribution < -0.4 is 0 Å². The minimum Gasteiger partial charge on any atom is -0.481 e. The van der Waals surface area contributed by atoms with Gasteiger partial charge in [0.25, 0.3) is 0 Å². The van der Waals surface area contributed by atoms with Gasteiger partial charge in [0.15, 0.2) is 0 Å². The molecule has 2 fully saturated rings. The predicted octanol–water partition coefficient (Wildman–Crippen LogP) is 3.29. The average Bonchev–Trinajstić information content (AvgIpc) is 2.85. The summed E-state index contributed by atoms with van der Waals surface area (Å²) in [5.74, 6) is 0.723. The Hall–Kier alpha value is -1.32. The van der Waals surface area contributed by atoms with Crippen molar-refractivity contribution in [3.05, 3.63) is 18.0 Å². The fourth-order valence-corrected chi connectivity index (χ4v) is 3.98. The zero-order chi connectivity index (χ0) is 14.3. The molecular weight excluding hydrogens is 252 g/mol. The average molecular weight is 276 g/mol. The van der Waals surface area contributed by atoms with Crippen LogP contribution in [0.2, 0.25) is 0 Å². The Labute approximate surface area is 120 Å². The molecule has 3 rings (SSSR count). The maximum atomic E-state index is 11.7. The van der Waals surface area contributed by atoms with Crippen molar-refractivity contribution in [1.82, 2.24) is 9.78 Å². The maximum Gasteiger partial charge on any atom is 0.310 e. The molecule has 2 saturated carbocycles. The second-order valence-corrected chi connectivity index (χ2v) is 6.68. The van der Waals surface area contributed by atoms with Crippen molar-refractivity contribution >= 4 is 5.97 Å². The number of carbonyl (C=O) groups is 1. The molecule has 2 aliphatic rings. The molecule has 1 heterocycles. The van der Waals surface area contributed by atoms with Gasteiger partial charge in [0.2, 0.25) is 0 Å². The molecule has 0 spiro atoms. The number of aromatic nitrogens is 2. The van der Waals surface area contributed by atoms with Crippen LogP contribution in [0, 0.1) is 17.3 Å². The zero-order valence-electron chi connectivity index (χ0n) is 12.4. The van der Waals surface area contributed by atoms with Crippen molar-refractivity contribution in [2.45, 2.75) is 58.4 Å². The summed E-state index contributed by atoms with van der Waals surface area (Å²) >= 11 is 0. The quantitative estimate of drug-likeness (QED) is 0.867. The molecule has 0 saturated heterocycles. The summed E-state index contributed by atoms with van der Waals surface area (Å²) in [6.07, 6.45) is 7.69. The highest BCUT2D eigenvalue weighted by molar-refractivity contribution is 5.76. The normalized spacial score (nSPS) is 31.6. The third-order valence-corrected chi connectivity index (χ3v) is 5.33. The molecule has 2 atom stereocenters. The molecule has 2 unspecified atom stereocenters. The van der Waals surface area contributed by atoms with E-state index in [4.69, 9.17) is 0 Å². The lowest BCUT2D eigenvalue weighted by atomic mass is 9.79. The van der Waals surface area contributed by atoms with E-state index in [0.29, 0.717) is 24.3 Å². The van der Waals surface area contributed by atoms with E-state index >= 15 is 0 Å². The van der Waals surface area contributed by atoms with Gasteiger partial charge in [-0.3, -0.25) is 9.48 Å². The van der Waals surface area contributed by atoms with Gasteiger partial charge in [-0.25, -0.2) is 0 Å². The minimum atomic E-state index is -0.623. The molecule has 1 aromatic rings. The van der Waals surface area contributed by atoms with Crippen LogP contribution >= 0.6 is 0 Å². The van der Waals surface area contributed by atoms with Crippen LogP contribution in [0.3, 0.4) is 0 Å². The van der Waals surface area contributed by atoms with Crippen LogP contribution in [0.5, 0.6) is 0 Å². The van der Waals surface area contributed by atoms with Gasteiger partial charge < -0.3 is 5.11 Å². The molecule has 1 N–H and O–H groups in total. The van der Waals surface area contributed by atoms with Crippen molar-refractivity contribution in [3.8, 4) is 0 Å². The Morgan fingerprint density at radius 2 is 2.10 bits per heavy atom. The van der Waals surface area contributed by atoms with Gasteiger partial charge in [0.05, 0.1) is 17.2 Å². The molecule has 0 bridgehead atoms. The van der Waals surface area contributed by atoms with Crippen molar-refractivity contribution in [1.29, 1.82) is 0 Å². The highest BCUT2D eigenvalue weighted by Gasteiger charge is 2.57. The lowest BCUT2D eigenvalue weighted by Gasteiger charge is -2.25. The summed E-state index contributed by atoms with van der Waals surface area (Å²) in [5.41, 5.74) is 0.404. The van der Waals surface area contributed by atoms with Crippen molar-refractivity contribution in [2.24, 2.45) is 17.3 Å². The molecule has 20 heavy (non-hydrogen) atoms. The summed E-state index contributed by atoms with van der Waals surface area (Å²) in [7, 11) is 0. The Kier molecular flexibility index (Phi) is 3.35. The molecular formula is C16H24N2O2. The largest absolute Gasteiger partial charge is 0.481 e. The minimum absolute atomic E-state index is 0.432. The highest BCUT2D eigenvalue weighted by Crippen LogP contribution is 2.60. The molecule has 0 radical (unpaired) electrons. The van der Waals surface area contributed by atoms with Gasteiger partial charge >= 0.3 is 5.97 Å². The molecule has 110 valence electrons. The molecule has 0 aliphatic heterocycles. The Morgan fingerprint density at radius 1 is 1.45 bits per heavy atom. The van der Waals surface area contributed by atoms with Crippen molar-refractivity contribution in [3.63, 3.8) is 0 Å². The van der Waals surface area contributed by atoms with E-state index in [1.165, 1.54) is 6.42 Å². The predicted molar refractivity (Wildman–Crippen MR) is 76.4 cm³/mol. The van der Waals surface area contributed by atoms with Gasteiger partial charge in [-0.15, -0.1) is 0 Å². The van der Waals surface area contributed by atoms with E-state index < -0.39 is 11.4 Å². The summed E-state index contributed by atoms with van der Waals surface area (Å²) in [5, 5.41) is 14.3. The first-order chi connectivity index (χ1) is 9.58. The Morgan fingerprint density at radius 3 is 2.65 bits per heavy atom. The topological polar surface area (TPSA) is 55.1 Å². The van der Waals surface area contributed by atoms with E-state index in [1.807, 2.05) is 16.9 Å². The third-order valence-electron chi connectivity index (χ3n) is 5.33. The summed E-state index contributed by atoms with van der Waals surface area (Å²) in [6, 6.07) is 2.44. The first-order valence-electron chi connectivity index (χ1n) is 7.85. The van der Waals surface area contributed by atoms with Gasteiger partial charge in [-0.2, -0.15) is 5.10 Å². The molecule has 4 heteroatoms. The summed E-state index contributed by atoms with van der Waals surface area (Å²) in [6.45, 7) is 4.33. The SMILES string of the molecule is CCC(CC)n1ccc(CC2(C(=O)O)CC3CC3C2)n1. The zero-order valence-corrected chi connectivity index (χ0v) is 12.4. The molecule has 1 aromatic heterocycles. The monoisotopic (exact) mass is 276 g/mol. The summed E-state index contributed by atoms with van der Waals surface area (Å²) in [4.78, 5) is 11.7. The van der Waals surface area contributed by atoms with E-state index in [9.17, 15) is 9.90 Å². The maximum absolute atomic E-state index is 11.7. The molecule has 2 aliphatic carbocycles. The van der Waals surface area contributed by atoms with E-state index in [2.05, 4.69) is 18.9 Å². The molecule has 4 nitrogen and oxygen atoms in total. The van der Waals surface area contributed by atoms with E-state index in [1.54, 1.807) is 0 Å². The highest BCUT2D eigenvalue weighted by atomic mass is 16.4. The second kappa shape index (κ2) is 4.90. The third kappa shape index (κ3) is 2.25. The number of carboxylic acid groups (broad SMARTS) is 1. The van der Waals surface area contributed by atoms with Gasteiger partial charge in [-0.1, -0.05) is 13.8 Å². The van der Waals surface area contributed by atoms with Crippen LogP contribution in [0.25, 0.3) is 0 Å².